The van der Waals surface area contributed by atoms with Crippen molar-refractivity contribution in [2.75, 3.05) is 36.5 Å². The van der Waals surface area contributed by atoms with Gasteiger partial charge in [0.15, 0.2) is 11.2 Å². The molecule has 2 aromatic heterocycles. The van der Waals surface area contributed by atoms with Crippen LogP contribution in [0.3, 0.4) is 0 Å². The minimum Gasteiger partial charge on any atom is -0.464 e. The molecule has 1 fully saturated rings. The Morgan fingerprint density at radius 2 is 2.17 bits per heavy atom. The van der Waals surface area contributed by atoms with Gasteiger partial charge in [-0.2, -0.15) is 9.97 Å². The van der Waals surface area contributed by atoms with Crippen LogP contribution in [0.1, 0.15) is 33.1 Å². The summed E-state index contributed by atoms with van der Waals surface area (Å²) in [5.74, 6) is 6.44. The molecule has 1 aliphatic heterocycles. The van der Waals surface area contributed by atoms with Gasteiger partial charge in [0.2, 0.25) is 11.9 Å². The fourth-order valence-corrected chi connectivity index (χ4v) is 3.69. The number of esters is 1. The number of carbonyl (C=O) groups is 1. The van der Waals surface area contributed by atoms with Gasteiger partial charge in [-0.3, -0.25) is 13.9 Å². The van der Waals surface area contributed by atoms with Crippen molar-refractivity contribution in [1.82, 2.24) is 19.1 Å². The third kappa shape index (κ3) is 4.11. The largest absolute Gasteiger partial charge is 0.464 e. The maximum absolute atomic E-state index is 13.3. The standard InChI is InChI=1S/C20H29N7O3/c1-4-6-12-27-15-16(23-19(27)22-11-10-21)24-20(25(3)17(15)28)26-13-8-7-9-14(26)18(29)30-5-2/h14H,5,7-13,21H2,1-3H3,(H,22,23). The lowest BCUT2D eigenvalue weighted by Crippen LogP contribution is -2.48. The summed E-state index contributed by atoms with van der Waals surface area (Å²) >= 11 is 0. The molecular formula is C20H29N7O3. The topological polar surface area (TPSA) is 120 Å². The van der Waals surface area contributed by atoms with Gasteiger partial charge in [-0.25, -0.2) is 4.79 Å². The van der Waals surface area contributed by atoms with Gasteiger partial charge in [-0.1, -0.05) is 5.92 Å². The normalized spacial score (nSPS) is 16.3. The second-order valence-corrected chi connectivity index (χ2v) is 7.07. The summed E-state index contributed by atoms with van der Waals surface area (Å²) < 4.78 is 8.45. The highest BCUT2D eigenvalue weighted by Crippen LogP contribution is 2.25. The summed E-state index contributed by atoms with van der Waals surface area (Å²) in [5, 5.41) is 3.13. The van der Waals surface area contributed by atoms with Gasteiger partial charge in [0.25, 0.3) is 5.56 Å². The number of piperidine rings is 1. The van der Waals surface area contributed by atoms with Crippen LogP contribution in [0.25, 0.3) is 11.2 Å². The van der Waals surface area contributed by atoms with Crippen LogP contribution in [0.2, 0.25) is 0 Å². The third-order valence-electron chi connectivity index (χ3n) is 5.12. The number of rotatable bonds is 7. The molecule has 1 atom stereocenters. The zero-order valence-corrected chi connectivity index (χ0v) is 17.8. The number of nitrogens with two attached hydrogens (primary N) is 1. The van der Waals surface area contributed by atoms with Crippen LogP contribution in [0.5, 0.6) is 0 Å². The summed E-state index contributed by atoms with van der Waals surface area (Å²) in [4.78, 5) is 36.9. The number of fused-ring (bicyclic) bond motifs is 1. The molecule has 10 heteroatoms. The van der Waals surface area contributed by atoms with Crippen molar-refractivity contribution in [2.45, 2.75) is 45.7 Å². The van der Waals surface area contributed by atoms with Gasteiger partial charge >= 0.3 is 5.97 Å². The molecule has 0 spiro atoms. The van der Waals surface area contributed by atoms with Gasteiger partial charge in [-0.15, -0.1) is 5.92 Å². The van der Waals surface area contributed by atoms with Crippen molar-refractivity contribution in [3.63, 3.8) is 0 Å². The van der Waals surface area contributed by atoms with Crippen molar-refractivity contribution in [3.05, 3.63) is 10.4 Å². The lowest BCUT2D eigenvalue weighted by atomic mass is 10.0. The number of nitrogens with one attached hydrogen (secondary N) is 1. The van der Waals surface area contributed by atoms with Crippen LogP contribution < -0.4 is 21.5 Å². The minimum atomic E-state index is -0.461. The number of nitrogens with zero attached hydrogens (tertiary/aromatic N) is 5. The molecule has 1 aliphatic rings. The van der Waals surface area contributed by atoms with Crippen LogP contribution in [0.15, 0.2) is 4.79 Å². The first-order valence-corrected chi connectivity index (χ1v) is 10.3. The Morgan fingerprint density at radius 1 is 1.37 bits per heavy atom. The molecule has 162 valence electrons. The molecular weight excluding hydrogens is 386 g/mol. The maximum Gasteiger partial charge on any atom is 0.328 e. The SMILES string of the molecule is CC#CCn1c(NCCN)nc2nc(N3CCCCC3C(=O)OCC)n(C)c(=O)c21. The second kappa shape index (κ2) is 9.63. The van der Waals surface area contributed by atoms with Crippen molar-refractivity contribution in [3.8, 4) is 11.8 Å². The Bertz CT molecular complexity index is 1030. The molecule has 1 unspecified atom stereocenters. The van der Waals surface area contributed by atoms with E-state index in [1.807, 2.05) is 4.90 Å². The Labute approximate surface area is 175 Å². The highest BCUT2D eigenvalue weighted by atomic mass is 16.5. The van der Waals surface area contributed by atoms with E-state index in [0.29, 0.717) is 62.3 Å². The van der Waals surface area contributed by atoms with Crippen molar-refractivity contribution in [2.24, 2.45) is 12.8 Å². The Morgan fingerprint density at radius 3 is 2.87 bits per heavy atom. The van der Waals surface area contributed by atoms with Crippen LogP contribution in [-0.4, -0.2) is 57.4 Å². The molecule has 30 heavy (non-hydrogen) atoms. The average molecular weight is 415 g/mol. The summed E-state index contributed by atoms with van der Waals surface area (Å²) in [5.41, 5.74) is 6.05. The van der Waals surface area contributed by atoms with Crippen LogP contribution in [0, 0.1) is 11.8 Å². The Balaban J connectivity index is 2.12. The number of hydrogen-bond acceptors (Lipinski definition) is 8. The van der Waals surface area contributed by atoms with E-state index in [-0.39, 0.29) is 11.5 Å². The first kappa shape index (κ1) is 21.6. The van der Waals surface area contributed by atoms with Gasteiger partial charge < -0.3 is 20.7 Å². The van der Waals surface area contributed by atoms with Crippen LogP contribution in [0.4, 0.5) is 11.9 Å². The van der Waals surface area contributed by atoms with E-state index >= 15 is 0 Å². The zero-order chi connectivity index (χ0) is 21.7. The van der Waals surface area contributed by atoms with E-state index in [4.69, 9.17) is 10.5 Å². The molecule has 0 aliphatic carbocycles. The Kier molecular flexibility index (Phi) is 6.95. The number of anilines is 2. The summed E-state index contributed by atoms with van der Waals surface area (Å²) in [7, 11) is 1.66. The van der Waals surface area contributed by atoms with Crippen LogP contribution >= 0.6 is 0 Å². The molecule has 3 N–H and O–H groups in total. The summed E-state index contributed by atoms with van der Waals surface area (Å²) in [6.07, 6.45) is 2.50. The minimum absolute atomic E-state index is 0.241. The zero-order valence-electron chi connectivity index (χ0n) is 17.8. The molecule has 2 aromatic rings. The Hall–Kier alpha value is -3.06. The average Bonchev–Trinajstić information content (AvgIpc) is 3.10. The van der Waals surface area contributed by atoms with Gasteiger partial charge in [0.1, 0.15) is 6.04 Å². The van der Waals surface area contributed by atoms with E-state index < -0.39 is 6.04 Å². The molecule has 0 radical (unpaired) electrons. The van der Waals surface area contributed by atoms with Crippen molar-refractivity contribution < 1.29 is 9.53 Å². The summed E-state index contributed by atoms with van der Waals surface area (Å²) in [6, 6.07) is -0.461. The monoisotopic (exact) mass is 415 g/mol. The highest BCUT2D eigenvalue weighted by Gasteiger charge is 2.33. The number of hydrogen-bond donors (Lipinski definition) is 2. The van der Waals surface area contributed by atoms with E-state index in [0.717, 1.165) is 12.8 Å². The highest BCUT2D eigenvalue weighted by molar-refractivity contribution is 5.81. The van der Waals surface area contributed by atoms with Gasteiger partial charge in [0.05, 0.1) is 13.2 Å². The molecule has 3 heterocycles. The predicted molar refractivity (Wildman–Crippen MR) is 115 cm³/mol. The molecule has 0 bridgehead atoms. The third-order valence-corrected chi connectivity index (χ3v) is 5.12. The molecule has 0 aromatic carbocycles. The van der Waals surface area contributed by atoms with E-state index in [1.54, 1.807) is 25.5 Å². The van der Waals surface area contributed by atoms with Crippen molar-refractivity contribution in [1.29, 1.82) is 0 Å². The fourth-order valence-electron chi connectivity index (χ4n) is 3.69. The molecule has 10 nitrogen and oxygen atoms in total. The van der Waals surface area contributed by atoms with E-state index in [1.165, 1.54) is 4.57 Å². The smallest absolute Gasteiger partial charge is 0.328 e. The summed E-state index contributed by atoms with van der Waals surface area (Å²) in [6.45, 7) is 5.70. The number of imidazole rings is 1. The number of ether oxygens (including phenoxy) is 1. The fraction of sp³-hybridized carbons (Fsp3) is 0.600. The maximum atomic E-state index is 13.3. The van der Waals surface area contributed by atoms with Crippen molar-refractivity contribution >= 4 is 29.0 Å². The molecule has 3 rings (SSSR count). The van der Waals surface area contributed by atoms with Gasteiger partial charge in [-0.05, 0) is 33.1 Å². The quantitative estimate of drug-likeness (QED) is 0.494. The number of aromatic nitrogens is 4. The van der Waals surface area contributed by atoms with Crippen LogP contribution in [-0.2, 0) is 23.1 Å². The van der Waals surface area contributed by atoms with Gasteiger partial charge in [0, 0.05) is 26.7 Å². The van der Waals surface area contributed by atoms with E-state index in [2.05, 4.69) is 27.1 Å². The first-order valence-electron chi connectivity index (χ1n) is 10.3. The first-order chi connectivity index (χ1) is 14.5. The molecule has 0 saturated carbocycles. The molecule has 1 saturated heterocycles. The lowest BCUT2D eigenvalue weighted by molar-refractivity contribution is -0.145. The predicted octanol–water partition coefficient (Wildman–Crippen LogP) is 0.446. The lowest BCUT2D eigenvalue weighted by Gasteiger charge is -2.35. The second-order valence-electron chi connectivity index (χ2n) is 7.07. The van der Waals surface area contributed by atoms with E-state index in [9.17, 15) is 9.59 Å². The number of carbonyl (C=O) groups excluding carboxylic acids is 1. The molecule has 0 amide bonds.